The molecule has 0 aliphatic carbocycles. The molecule has 0 spiro atoms. The molecule has 2 N–H and O–H groups in total. The molecule has 7 nitrogen and oxygen atoms in total. The van der Waals surface area contributed by atoms with E-state index in [1.165, 1.54) is 12.3 Å². The van der Waals surface area contributed by atoms with Crippen LogP contribution in [0, 0.1) is 5.82 Å². The van der Waals surface area contributed by atoms with Gasteiger partial charge in [0.2, 0.25) is 5.95 Å². The molecular formula is C18H16FN5O2. The molecule has 3 aromatic rings. The molecule has 0 saturated carbocycles. The van der Waals surface area contributed by atoms with Crippen molar-refractivity contribution in [2.24, 2.45) is 0 Å². The van der Waals surface area contributed by atoms with Crippen LogP contribution in [0.2, 0.25) is 0 Å². The lowest BCUT2D eigenvalue weighted by atomic mass is 10.2. The summed E-state index contributed by atoms with van der Waals surface area (Å²) in [7, 11) is 0. The molecule has 26 heavy (non-hydrogen) atoms. The number of halogens is 1. The molecule has 2 aromatic carbocycles. The summed E-state index contributed by atoms with van der Waals surface area (Å²) < 4.78 is 24.7. The first-order chi connectivity index (χ1) is 12.8. The second kappa shape index (κ2) is 7.22. The van der Waals surface area contributed by atoms with Gasteiger partial charge < -0.3 is 20.1 Å². The highest BCUT2D eigenvalue weighted by atomic mass is 19.1. The molecule has 0 atom stereocenters. The highest BCUT2D eigenvalue weighted by Crippen LogP contribution is 2.33. The van der Waals surface area contributed by atoms with Crippen molar-refractivity contribution >= 4 is 17.5 Å². The monoisotopic (exact) mass is 353 g/mol. The number of hydrogen-bond donors (Lipinski definition) is 2. The molecule has 132 valence electrons. The second-order valence-corrected chi connectivity index (χ2v) is 5.59. The van der Waals surface area contributed by atoms with Gasteiger partial charge in [-0.15, -0.1) is 5.10 Å². The van der Waals surface area contributed by atoms with Gasteiger partial charge in [-0.2, -0.15) is 10.1 Å². The van der Waals surface area contributed by atoms with E-state index in [-0.39, 0.29) is 5.82 Å². The lowest BCUT2D eigenvalue weighted by molar-refractivity contribution is 0.171. The van der Waals surface area contributed by atoms with Crippen molar-refractivity contribution in [3.63, 3.8) is 0 Å². The van der Waals surface area contributed by atoms with Crippen molar-refractivity contribution in [3.8, 4) is 11.5 Å². The van der Waals surface area contributed by atoms with E-state index in [1.54, 1.807) is 18.2 Å². The normalized spacial score (nSPS) is 12.5. The van der Waals surface area contributed by atoms with E-state index in [2.05, 4.69) is 25.8 Å². The number of fused-ring (bicyclic) bond motifs is 1. The smallest absolute Gasteiger partial charge is 0.249 e. The Bertz CT molecular complexity index is 922. The number of nitrogens with zero attached hydrogens (tertiary/aromatic N) is 3. The first-order valence-corrected chi connectivity index (χ1v) is 8.11. The second-order valence-electron chi connectivity index (χ2n) is 5.59. The van der Waals surface area contributed by atoms with Crippen molar-refractivity contribution in [1.29, 1.82) is 0 Å². The highest BCUT2D eigenvalue weighted by molar-refractivity contribution is 5.60. The van der Waals surface area contributed by atoms with Crippen LogP contribution in [0.4, 0.5) is 21.8 Å². The average molecular weight is 353 g/mol. The molecule has 8 heteroatoms. The Morgan fingerprint density at radius 1 is 1.04 bits per heavy atom. The van der Waals surface area contributed by atoms with Crippen LogP contribution in [0.3, 0.4) is 0 Å². The Kier molecular flexibility index (Phi) is 4.46. The van der Waals surface area contributed by atoms with E-state index in [1.807, 2.05) is 18.2 Å². The largest absolute Gasteiger partial charge is 0.486 e. The molecule has 0 amide bonds. The number of aromatic nitrogens is 3. The van der Waals surface area contributed by atoms with E-state index in [0.717, 1.165) is 5.69 Å². The average Bonchev–Trinajstić information content (AvgIpc) is 2.68. The summed E-state index contributed by atoms with van der Waals surface area (Å²) in [4.78, 5) is 4.33. The van der Waals surface area contributed by atoms with E-state index < -0.39 is 0 Å². The summed E-state index contributed by atoms with van der Waals surface area (Å²) in [5.74, 6) is 1.92. The number of benzene rings is 2. The predicted molar refractivity (Wildman–Crippen MR) is 94.3 cm³/mol. The molecule has 0 fully saturated rings. The van der Waals surface area contributed by atoms with Gasteiger partial charge in [0.25, 0.3) is 0 Å². The Labute approximate surface area is 149 Å². The van der Waals surface area contributed by atoms with Crippen LogP contribution in [0.5, 0.6) is 11.5 Å². The van der Waals surface area contributed by atoms with E-state index in [0.29, 0.717) is 48.6 Å². The molecule has 2 heterocycles. The van der Waals surface area contributed by atoms with Crippen LogP contribution in [0.25, 0.3) is 0 Å². The standard InChI is InChI=1S/C18H16FN5O2/c19-14-4-2-1-3-12(14)10-20-17-11-21-24-18(23-17)22-13-5-6-15-16(9-13)26-8-7-25-15/h1-6,9,11H,7-8,10H2,(H2,20,22,23,24). The summed E-state index contributed by atoms with van der Waals surface area (Å²) >= 11 is 0. The molecule has 1 aromatic heterocycles. The number of anilines is 3. The number of nitrogens with one attached hydrogen (secondary N) is 2. The zero-order valence-electron chi connectivity index (χ0n) is 13.8. The van der Waals surface area contributed by atoms with Crippen molar-refractivity contribution in [2.45, 2.75) is 6.54 Å². The third-order valence-corrected chi connectivity index (χ3v) is 3.77. The quantitative estimate of drug-likeness (QED) is 0.729. The summed E-state index contributed by atoms with van der Waals surface area (Å²) in [6, 6.07) is 12.1. The van der Waals surface area contributed by atoms with Crippen LogP contribution < -0.4 is 20.1 Å². The van der Waals surface area contributed by atoms with Gasteiger partial charge in [-0.3, -0.25) is 0 Å². The van der Waals surface area contributed by atoms with Crippen LogP contribution in [-0.4, -0.2) is 28.4 Å². The Hall–Kier alpha value is -3.42. The van der Waals surface area contributed by atoms with Gasteiger partial charge >= 0.3 is 0 Å². The van der Waals surface area contributed by atoms with Crippen LogP contribution in [-0.2, 0) is 6.54 Å². The minimum absolute atomic E-state index is 0.267. The number of ether oxygens (including phenoxy) is 2. The van der Waals surface area contributed by atoms with Gasteiger partial charge in [-0.05, 0) is 18.2 Å². The molecule has 0 radical (unpaired) electrons. The third kappa shape index (κ3) is 3.64. The molecule has 0 bridgehead atoms. The molecule has 0 unspecified atom stereocenters. The van der Waals surface area contributed by atoms with E-state index in [4.69, 9.17) is 9.47 Å². The molecule has 1 aliphatic heterocycles. The Morgan fingerprint density at radius 2 is 1.88 bits per heavy atom. The summed E-state index contributed by atoms with van der Waals surface area (Å²) in [6.07, 6.45) is 1.48. The van der Waals surface area contributed by atoms with Gasteiger partial charge in [-0.1, -0.05) is 18.2 Å². The van der Waals surface area contributed by atoms with Crippen LogP contribution in [0.15, 0.2) is 48.7 Å². The minimum Gasteiger partial charge on any atom is -0.486 e. The van der Waals surface area contributed by atoms with E-state index >= 15 is 0 Å². The zero-order valence-corrected chi connectivity index (χ0v) is 13.8. The Morgan fingerprint density at radius 3 is 2.77 bits per heavy atom. The zero-order chi connectivity index (χ0) is 17.8. The van der Waals surface area contributed by atoms with Crippen molar-refractivity contribution in [1.82, 2.24) is 15.2 Å². The van der Waals surface area contributed by atoms with Crippen LogP contribution in [0.1, 0.15) is 5.56 Å². The van der Waals surface area contributed by atoms with Crippen LogP contribution >= 0.6 is 0 Å². The summed E-state index contributed by atoms with van der Waals surface area (Å²) in [5, 5.41) is 14.0. The first kappa shape index (κ1) is 16.1. The van der Waals surface area contributed by atoms with Gasteiger partial charge in [0.15, 0.2) is 17.3 Å². The van der Waals surface area contributed by atoms with Gasteiger partial charge in [0, 0.05) is 23.9 Å². The SMILES string of the molecule is Fc1ccccc1CNc1cnnc(Nc2ccc3c(c2)OCCO3)n1. The fraction of sp³-hybridized carbons (Fsp3) is 0.167. The maximum atomic E-state index is 13.7. The Balaban J connectivity index is 1.45. The van der Waals surface area contributed by atoms with Gasteiger partial charge in [0.05, 0.1) is 6.20 Å². The van der Waals surface area contributed by atoms with Crippen molar-refractivity contribution in [2.75, 3.05) is 23.8 Å². The van der Waals surface area contributed by atoms with Gasteiger partial charge in [-0.25, -0.2) is 4.39 Å². The molecular weight excluding hydrogens is 337 g/mol. The molecule has 4 rings (SSSR count). The summed E-state index contributed by atoms with van der Waals surface area (Å²) in [6.45, 7) is 1.36. The highest BCUT2D eigenvalue weighted by Gasteiger charge is 2.12. The van der Waals surface area contributed by atoms with Crippen molar-refractivity contribution < 1.29 is 13.9 Å². The fourth-order valence-electron chi connectivity index (χ4n) is 2.52. The lowest BCUT2D eigenvalue weighted by Gasteiger charge is -2.19. The predicted octanol–water partition coefficient (Wildman–Crippen LogP) is 3.14. The maximum absolute atomic E-state index is 13.7. The third-order valence-electron chi connectivity index (χ3n) is 3.77. The number of hydrogen-bond acceptors (Lipinski definition) is 7. The first-order valence-electron chi connectivity index (χ1n) is 8.11. The fourth-order valence-corrected chi connectivity index (χ4v) is 2.52. The van der Waals surface area contributed by atoms with E-state index in [9.17, 15) is 4.39 Å². The summed E-state index contributed by atoms with van der Waals surface area (Å²) in [5.41, 5.74) is 1.30. The molecule has 0 saturated heterocycles. The number of rotatable bonds is 5. The maximum Gasteiger partial charge on any atom is 0.249 e. The lowest BCUT2D eigenvalue weighted by Crippen LogP contribution is -2.15. The minimum atomic E-state index is -0.267. The van der Waals surface area contributed by atoms with Crippen molar-refractivity contribution in [3.05, 3.63) is 60.0 Å². The van der Waals surface area contributed by atoms with Gasteiger partial charge in [0.1, 0.15) is 19.0 Å². The molecule has 1 aliphatic rings. The topological polar surface area (TPSA) is 81.2 Å².